The standard InChI is InChI=1S/C13H15F2N3O6/c14-13(15)10(22)7(6-20)24-11(13)18-4-3-8(17-12(18)23)16-9(21)2-1-5-19/h3-5,7,10-11,20,22H,1-2,6H2,(H,16,17,21,23). The third-order valence-corrected chi connectivity index (χ3v) is 3.40. The summed E-state index contributed by atoms with van der Waals surface area (Å²) in [5.74, 6) is -4.55. The molecule has 1 aromatic heterocycles. The molecule has 1 saturated heterocycles. The number of amides is 1. The van der Waals surface area contributed by atoms with Crippen LogP contribution in [0.5, 0.6) is 0 Å². The van der Waals surface area contributed by atoms with Crippen molar-refractivity contribution in [1.82, 2.24) is 9.55 Å². The number of nitrogens with zero attached hydrogens (tertiary/aromatic N) is 2. The van der Waals surface area contributed by atoms with E-state index in [1.807, 2.05) is 0 Å². The maximum Gasteiger partial charge on any atom is 0.351 e. The zero-order valence-corrected chi connectivity index (χ0v) is 12.3. The van der Waals surface area contributed by atoms with Gasteiger partial charge in [0.2, 0.25) is 12.1 Å². The summed E-state index contributed by atoms with van der Waals surface area (Å²) in [5.41, 5.74) is -1.14. The van der Waals surface area contributed by atoms with E-state index in [9.17, 15) is 28.3 Å². The van der Waals surface area contributed by atoms with Gasteiger partial charge >= 0.3 is 11.6 Å². The Balaban J connectivity index is 2.20. The van der Waals surface area contributed by atoms with E-state index in [4.69, 9.17) is 9.84 Å². The highest BCUT2D eigenvalue weighted by Gasteiger charge is 2.59. The number of halogens is 2. The minimum atomic E-state index is -3.81. The predicted molar refractivity (Wildman–Crippen MR) is 74.4 cm³/mol. The van der Waals surface area contributed by atoms with Gasteiger partial charge in [-0.2, -0.15) is 13.8 Å². The number of ether oxygens (including phenoxy) is 1. The minimum absolute atomic E-state index is 0.00846. The zero-order valence-electron chi connectivity index (χ0n) is 12.3. The molecule has 0 bridgehead atoms. The van der Waals surface area contributed by atoms with Crippen LogP contribution in [-0.4, -0.2) is 56.7 Å². The summed E-state index contributed by atoms with van der Waals surface area (Å²) in [6.45, 7) is -0.847. The molecule has 0 radical (unpaired) electrons. The smallest absolute Gasteiger partial charge is 0.351 e. The third-order valence-electron chi connectivity index (χ3n) is 3.40. The van der Waals surface area contributed by atoms with Crippen molar-refractivity contribution >= 4 is 18.0 Å². The van der Waals surface area contributed by atoms with Gasteiger partial charge in [-0.05, 0) is 6.07 Å². The van der Waals surface area contributed by atoms with Crippen molar-refractivity contribution in [1.29, 1.82) is 0 Å². The highest BCUT2D eigenvalue weighted by Crippen LogP contribution is 2.41. The lowest BCUT2D eigenvalue weighted by atomic mass is 10.1. The predicted octanol–water partition coefficient (Wildman–Crippen LogP) is -0.953. The number of aldehydes is 1. The molecule has 3 atom stereocenters. The number of carbonyl (C=O) groups is 2. The van der Waals surface area contributed by atoms with Crippen molar-refractivity contribution in [3.63, 3.8) is 0 Å². The van der Waals surface area contributed by atoms with E-state index >= 15 is 0 Å². The van der Waals surface area contributed by atoms with Gasteiger partial charge in [-0.25, -0.2) is 4.79 Å². The maximum absolute atomic E-state index is 14.0. The van der Waals surface area contributed by atoms with E-state index in [0.717, 1.165) is 12.3 Å². The summed E-state index contributed by atoms with van der Waals surface area (Å²) in [4.78, 5) is 36.9. The van der Waals surface area contributed by atoms with Crippen LogP contribution in [0.2, 0.25) is 0 Å². The molecule has 132 valence electrons. The molecule has 0 aliphatic carbocycles. The van der Waals surface area contributed by atoms with Gasteiger partial charge in [-0.1, -0.05) is 0 Å². The number of aromatic nitrogens is 2. The summed E-state index contributed by atoms with van der Waals surface area (Å²) in [6, 6.07) is 1.10. The molecule has 11 heteroatoms. The SMILES string of the molecule is O=CCCC(=O)Nc1ccn(C2OC(CO)C(O)C2(F)F)c(=O)n1. The Morgan fingerprint density at radius 1 is 1.54 bits per heavy atom. The lowest BCUT2D eigenvalue weighted by Gasteiger charge is -2.21. The molecule has 2 rings (SSSR count). The van der Waals surface area contributed by atoms with Gasteiger partial charge in [0, 0.05) is 19.0 Å². The van der Waals surface area contributed by atoms with Crippen molar-refractivity contribution in [3.8, 4) is 0 Å². The zero-order chi connectivity index (χ0) is 17.9. The molecule has 1 aliphatic rings. The van der Waals surface area contributed by atoms with Crippen LogP contribution >= 0.6 is 0 Å². The average molecular weight is 347 g/mol. The first kappa shape index (κ1) is 18.1. The quantitative estimate of drug-likeness (QED) is 0.565. The monoisotopic (exact) mass is 347 g/mol. The van der Waals surface area contributed by atoms with E-state index in [-0.39, 0.29) is 18.7 Å². The fourth-order valence-electron chi connectivity index (χ4n) is 2.17. The van der Waals surface area contributed by atoms with Gasteiger partial charge in [-0.3, -0.25) is 9.36 Å². The largest absolute Gasteiger partial charge is 0.394 e. The molecule has 9 nitrogen and oxygen atoms in total. The fourth-order valence-corrected chi connectivity index (χ4v) is 2.17. The molecule has 0 spiro atoms. The lowest BCUT2D eigenvalue weighted by Crippen LogP contribution is -2.41. The molecule has 3 unspecified atom stereocenters. The molecule has 1 aliphatic heterocycles. The molecule has 1 aromatic rings. The first-order valence-electron chi connectivity index (χ1n) is 6.96. The van der Waals surface area contributed by atoms with E-state index in [0.29, 0.717) is 10.9 Å². The van der Waals surface area contributed by atoms with Crippen molar-refractivity contribution in [2.45, 2.75) is 37.2 Å². The van der Waals surface area contributed by atoms with E-state index < -0.39 is 42.6 Å². The second-order valence-corrected chi connectivity index (χ2v) is 5.08. The maximum atomic E-state index is 14.0. The molecule has 1 fully saturated rings. The number of anilines is 1. The van der Waals surface area contributed by atoms with Gasteiger partial charge in [0.15, 0.2) is 6.10 Å². The lowest BCUT2D eigenvalue weighted by molar-refractivity contribution is -0.141. The second-order valence-electron chi connectivity index (χ2n) is 5.08. The van der Waals surface area contributed by atoms with Crippen molar-refractivity contribution in [2.75, 3.05) is 11.9 Å². The number of rotatable bonds is 6. The normalized spacial score (nSPS) is 25.4. The molecular formula is C13H15F2N3O6. The van der Waals surface area contributed by atoms with Crippen LogP contribution in [0.4, 0.5) is 14.6 Å². The molecule has 1 amide bonds. The summed E-state index contributed by atoms with van der Waals surface area (Å²) in [7, 11) is 0. The number of carbonyl (C=O) groups excluding carboxylic acids is 2. The van der Waals surface area contributed by atoms with Crippen LogP contribution in [0.1, 0.15) is 19.1 Å². The average Bonchev–Trinajstić information content (AvgIpc) is 2.76. The van der Waals surface area contributed by atoms with Crippen LogP contribution in [0.3, 0.4) is 0 Å². The molecule has 24 heavy (non-hydrogen) atoms. The third kappa shape index (κ3) is 3.47. The van der Waals surface area contributed by atoms with Gasteiger partial charge < -0.3 is 25.1 Å². The van der Waals surface area contributed by atoms with Crippen molar-refractivity contribution in [3.05, 3.63) is 22.7 Å². The van der Waals surface area contributed by atoms with Gasteiger partial charge in [0.1, 0.15) is 18.2 Å². The Morgan fingerprint density at radius 3 is 2.79 bits per heavy atom. The Hall–Kier alpha value is -2.24. The number of nitrogens with one attached hydrogen (secondary N) is 1. The van der Waals surface area contributed by atoms with E-state index in [1.54, 1.807) is 0 Å². The first-order chi connectivity index (χ1) is 11.3. The van der Waals surface area contributed by atoms with Crippen molar-refractivity contribution < 1.29 is 33.3 Å². The number of aliphatic hydroxyl groups excluding tert-OH is 2. The molecule has 0 aromatic carbocycles. The van der Waals surface area contributed by atoms with Gasteiger partial charge in [0.05, 0.1) is 6.61 Å². The van der Waals surface area contributed by atoms with E-state index in [1.165, 1.54) is 0 Å². The number of hydrogen-bond donors (Lipinski definition) is 3. The number of hydrogen-bond acceptors (Lipinski definition) is 7. The second kappa shape index (κ2) is 7.11. The Morgan fingerprint density at radius 2 is 2.25 bits per heavy atom. The summed E-state index contributed by atoms with van der Waals surface area (Å²) in [5, 5.41) is 20.6. The molecule has 0 saturated carbocycles. The van der Waals surface area contributed by atoms with Gasteiger partial charge in [-0.15, -0.1) is 0 Å². The first-order valence-corrected chi connectivity index (χ1v) is 6.96. The molecule has 3 N–H and O–H groups in total. The van der Waals surface area contributed by atoms with Crippen LogP contribution in [0, 0.1) is 0 Å². The van der Waals surface area contributed by atoms with Crippen molar-refractivity contribution in [2.24, 2.45) is 0 Å². The van der Waals surface area contributed by atoms with Crippen LogP contribution < -0.4 is 11.0 Å². The summed E-state index contributed by atoms with van der Waals surface area (Å²) >= 11 is 0. The fraction of sp³-hybridized carbons (Fsp3) is 0.538. The summed E-state index contributed by atoms with van der Waals surface area (Å²) in [6.07, 6.45) is -4.59. The minimum Gasteiger partial charge on any atom is -0.394 e. The highest BCUT2D eigenvalue weighted by molar-refractivity contribution is 5.90. The topological polar surface area (TPSA) is 131 Å². The van der Waals surface area contributed by atoms with Crippen LogP contribution in [0.25, 0.3) is 0 Å². The Kier molecular flexibility index (Phi) is 5.36. The summed E-state index contributed by atoms with van der Waals surface area (Å²) < 4.78 is 33.2. The Bertz CT molecular complexity index is 680. The number of alkyl halides is 2. The number of aliphatic hydroxyl groups is 2. The molecule has 2 heterocycles. The van der Waals surface area contributed by atoms with Gasteiger partial charge in [0.25, 0.3) is 0 Å². The van der Waals surface area contributed by atoms with Crippen LogP contribution in [-0.2, 0) is 14.3 Å². The van der Waals surface area contributed by atoms with Crippen LogP contribution in [0.15, 0.2) is 17.1 Å². The molecular weight excluding hydrogens is 332 g/mol. The van der Waals surface area contributed by atoms with E-state index in [2.05, 4.69) is 10.3 Å². The Labute approximate surface area is 133 Å². The highest BCUT2D eigenvalue weighted by atomic mass is 19.3.